The normalized spacial score (nSPS) is 22.7. The number of carbonyl (C=O) groups excluding carboxylic acids is 1. The van der Waals surface area contributed by atoms with E-state index in [2.05, 4.69) is 19.2 Å². The Balaban J connectivity index is 2.39. The molecule has 3 heteroatoms. The summed E-state index contributed by atoms with van der Waals surface area (Å²) in [5.41, 5.74) is 0.537. The van der Waals surface area contributed by atoms with E-state index in [9.17, 15) is 4.79 Å². The number of benzene rings is 1. The molecule has 1 N–H and O–H groups in total. The number of hydrogen-bond acceptors (Lipinski definition) is 2. The first-order chi connectivity index (χ1) is 8.32. The Kier molecular flexibility index (Phi) is 3.20. The Hall–Kier alpha value is -1.35. The molecule has 0 unspecified atom stereocenters. The second-order valence-corrected chi connectivity index (χ2v) is 6.35. The van der Waals surface area contributed by atoms with Crippen LogP contribution >= 0.6 is 0 Å². The van der Waals surface area contributed by atoms with Crippen LogP contribution in [-0.2, 0) is 4.79 Å². The highest BCUT2D eigenvalue weighted by atomic mass is 16.2. The van der Waals surface area contributed by atoms with Gasteiger partial charge in [-0.25, -0.2) is 0 Å². The molecule has 0 saturated carbocycles. The topological polar surface area (TPSA) is 32.3 Å². The van der Waals surface area contributed by atoms with Gasteiger partial charge in [0, 0.05) is 24.3 Å². The van der Waals surface area contributed by atoms with Crippen molar-refractivity contribution in [3.05, 3.63) is 30.3 Å². The second-order valence-electron chi connectivity index (χ2n) is 6.35. The fourth-order valence-electron chi connectivity index (χ4n) is 2.24. The van der Waals surface area contributed by atoms with Gasteiger partial charge in [0.1, 0.15) is 0 Å². The highest BCUT2D eigenvalue weighted by Crippen LogP contribution is 2.28. The molecule has 2 rings (SSSR count). The van der Waals surface area contributed by atoms with E-state index in [-0.39, 0.29) is 16.9 Å². The highest BCUT2D eigenvalue weighted by Gasteiger charge is 2.39. The van der Waals surface area contributed by atoms with Gasteiger partial charge >= 0.3 is 0 Å². The smallest absolute Gasteiger partial charge is 0.233 e. The van der Waals surface area contributed by atoms with Gasteiger partial charge in [-0.3, -0.25) is 4.79 Å². The third kappa shape index (κ3) is 2.56. The summed E-state index contributed by atoms with van der Waals surface area (Å²) >= 11 is 0. The van der Waals surface area contributed by atoms with Crippen LogP contribution in [0.25, 0.3) is 0 Å². The average Bonchev–Trinajstić information content (AvgIpc) is 2.41. The molecule has 18 heavy (non-hydrogen) atoms. The van der Waals surface area contributed by atoms with Gasteiger partial charge in [-0.15, -0.1) is 0 Å². The number of hydrogen-bond donors (Lipinski definition) is 1. The Morgan fingerprint density at radius 3 is 2.33 bits per heavy atom. The van der Waals surface area contributed by atoms with Crippen molar-refractivity contribution < 1.29 is 4.79 Å². The molecule has 1 aliphatic heterocycles. The van der Waals surface area contributed by atoms with Crippen molar-refractivity contribution in [1.82, 2.24) is 5.32 Å². The standard InChI is InChI=1S/C15H22N2O/c1-14(2)10-16-15(3,4)11-17(13(14)18)12-8-6-5-7-9-12/h5-9,16H,10-11H2,1-4H3. The average molecular weight is 246 g/mol. The van der Waals surface area contributed by atoms with E-state index in [1.807, 2.05) is 49.1 Å². The minimum Gasteiger partial charge on any atom is -0.310 e. The Morgan fingerprint density at radius 1 is 1.11 bits per heavy atom. The Morgan fingerprint density at radius 2 is 1.72 bits per heavy atom. The van der Waals surface area contributed by atoms with Crippen molar-refractivity contribution in [2.45, 2.75) is 33.2 Å². The minimum absolute atomic E-state index is 0.0702. The molecule has 0 radical (unpaired) electrons. The fraction of sp³-hybridized carbons (Fsp3) is 0.533. The van der Waals surface area contributed by atoms with E-state index >= 15 is 0 Å². The van der Waals surface area contributed by atoms with Gasteiger partial charge in [-0.2, -0.15) is 0 Å². The summed E-state index contributed by atoms with van der Waals surface area (Å²) in [4.78, 5) is 14.5. The Labute approximate surface area is 109 Å². The lowest BCUT2D eigenvalue weighted by Gasteiger charge is -2.31. The van der Waals surface area contributed by atoms with E-state index in [0.29, 0.717) is 13.1 Å². The molecule has 0 aromatic heterocycles. The van der Waals surface area contributed by atoms with Gasteiger partial charge < -0.3 is 10.2 Å². The van der Waals surface area contributed by atoms with Crippen molar-refractivity contribution in [1.29, 1.82) is 0 Å². The third-order valence-electron chi connectivity index (χ3n) is 3.45. The van der Waals surface area contributed by atoms with Gasteiger partial charge in [0.25, 0.3) is 0 Å². The molecule has 1 aromatic carbocycles. The lowest BCUT2D eigenvalue weighted by Crippen LogP contribution is -2.47. The molecule has 0 spiro atoms. The van der Waals surface area contributed by atoms with E-state index in [1.165, 1.54) is 0 Å². The fourth-order valence-corrected chi connectivity index (χ4v) is 2.24. The maximum Gasteiger partial charge on any atom is 0.233 e. The highest BCUT2D eigenvalue weighted by molar-refractivity contribution is 5.97. The molecule has 0 aliphatic carbocycles. The molecule has 0 bridgehead atoms. The number of carbonyl (C=O) groups is 1. The van der Waals surface area contributed by atoms with Crippen LogP contribution in [0, 0.1) is 5.41 Å². The van der Waals surface area contributed by atoms with Crippen molar-refractivity contribution in [3.8, 4) is 0 Å². The molecular formula is C15H22N2O. The minimum atomic E-state index is -0.371. The van der Waals surface area contributed by atoms with Crippen molar-refractivity contribution in [2.75, 3.05) is 18.0 Å². The zero-order chi connectivity index (χ0) is 13.4. The lowest BCUT2D eigenvalue weighted by molar-refractivity contribution is -0.125. The van der Waals surface area contributed by atoms with Crippen LogP contribution in [0.2, 0.25) is 0 Å². The number of amides is 1. The molecular weight excluding hydrogens is 224 g/mol. The van der Waals surface area contributed by atoms with Crippen LogP contribution in [0.1, 0.15) is 27.7 Å². The number of anilines is 1. The maximum absolute atomic E-state index is 12.6. The summed E-state index contributed by atoms with van der Waals surface area (Å²) in [6, 6.07) is 9.91. The molecule has 98 valence electrons. The largest absolute Gasteiger partial charge is 0.310 e. The first-order valence-corrected chi connectivity index (χ1v) is 6.44. The molecule has 0 atom stereocenters. The van der Waals surface area contributed by atoms with Gasteiger partial charge in [-0.1, -0.05) is 18.2 Å². The van der Waals surface area contributed by atoms with Gasteiger partial charge in [0.15, 0.2) is 0 Å². The van der Waals surface area contributed by atoms with Gasteiger partial charge in [0.2, 0.25) is 5.91 Å². The molecule has 1 aromatic rings. The van der Waals surface area contributed by atoms with Gasteiger partial charge in [-0.05, 0) is 39.8 Å². The molecule has 1 aliphatic rings. The van der Waals surface area contributed by atoms with Crippen LogP contribution in [0.5, 0.6) is 0 Å². The number of rotatable bonds is 1. The molecule has 1 saturated heterocycles. The van der Waals surface area contributed by atoms with Crippen LogP contribution in [0.3, 0.4) is 0 Å². The number of para-hydroxylation sites is 1. The predicted octanol–water partition coefficient (Wildman–Crippen LogP) is 2.43. The molecule has 3 nitrogen and oxygen atoms in total. The monoisotopic (exact) mass is 246 g/mol. The molecule has 1 fully saturated rings. The number of nitrogens with one attached hydrogen (secondary N) is 1. The van der Waals surface area contributed by atoms with Crippen LogP contribution in [0.15, 0.2) is 30.3 Å². The van der Waals surface area contributed by atoms with Crippen LogP contribution in [-0.4, -0.2) is 24.5 Å². The van der Waals surface area contributed by atoms with E-state index in [1.54, 1.807) is 0 Å². The predicted molar refractivity (Wildman–Crippen MR) is 74.7 cm³/mol. The molecule has 1 amide bonds. The third-order valence-corrected chi connectivity index (χ3v) is 3.45. The first-order valence-electron chi connectivity index (χ1n) is 6.44. The van der Waals surface area contributed by atoms with Crippen molar-refractivity contribution in [3.63, 3.8) is 0 Å². The summed E-state index contributed by atoms with van der Waals surface area (Å²) in [5.74, 6) is 0.187. The zero-order valence-electron chi connectivity index (χ0n) is 11.7. The second kappa shape index (κ2) is 4.39. The van der Waals surface area contributed by atoms with Crippen LogP contribution < -0.4 is 10.2 Å². The van der Waals surface area contributed by atoms with E-state index < -0.39 is 0 Å². The number of nitrogens with zero attached hydrogens (tertiary/aromatic N) is 1. The summed E-state index contributed by atoms with van der Waals surface area (Å²) in [6.45, 7) is 9.68. The van der Waals surface area contributed by atoms with Crippen molar-refractivity contribution >= 4 is 11.6 Å². The summed E-state index contributed by atoms with van der Waals surface area (Å²) in [6.07, 6.45) is 0. The summed E-state index contributed by atoms with van der Waals surface area (Å²) < 4.78 is 0. The Bertz CT molecular complexity index is 437. The van der Waals surface area contributed by atoms with E-state index in [0.717, 1.165) is 5.69 Å². The quantitative estimate of drug-likeness (QED) is 0.825. The SMILES string of the molecule is CC1(C)CN(c2ccccc2)C(=O)C(C)(C)CN1. The zero-order valence-corrected chi connectivity index (χ0v) is 11.7. The summed E-state index contributed by atoms with van der Waals surface area (Å²) in [7, 11) is 0. The maximum atomic E-state index is 12.6. The van der Waals surface area contributed by atoms with Crippen LogP contribution in [0.4, 0.5) is 5.69 Å². The van der Waals surface area contributed by atoms with Crippen molar-refractivity contribution in [2.24, 2.45) is 5.41 Å². The first kappa shape index (κ1) is 13.1. The lowest BCUT2D eigenvalue weighted by atomic mass is 9.91. The van der Waals surface area contributed by atoms with Gasteiger partial charge in [0.05, 0.1) is 5.41 Å². The molecule has 1 heterocycles. The summed E-state index contributed by atoms with van der Waals surface area (Å²) in [5, 5.41) is 3.48. The van der Waals surface area contributed by atoms with E-state index in [4.69, 9.17) is 0 Å².